The molecule has 3 heterocycles. The van der Waals surface area contributed by atoms with Crippen molar-refractivity contribution in [2.75, 3.05) is 37.7 Å². The number of amides is 2. The fraction of sp³-hybridized carbons (Fsp3) is 0.619. The van der Waals surface area contributed by atoms with Crippen LogP contribution in [0.5, 0.6) is 0 Å². The lowest BCUT2D eigenvalue weighted by Gasteiger charge is -2.44. The van der Waals surface area contributed by atoms with Gasteiger partial charge in [0.1, 0.15) is 5.82 Å². The highest BCUT2D eigenvalue weighted by molar-refractivity contribution is 6.01. The van der Waals surface area contributed by atoms with Crippen LogP contribution in [0.15, 0.2) is 18.2 Å². The quantitative estimate of drug-likeness (QED) is 0.798. The largest absolute Gasteiger partial charge is 0.450 e. The monoisotopic (exact) mass is 389 g/mol. The molecule has 152 valence electrons. The second kappa shape index (κ2) is 7.35. The first-order chi connectivity index (χ1) is 13.4. The van der Waals surface area contributed by atoms with Crippen molar-refractivity contribution in [1.29, 1.82) is 0 Å². The number of anilines is 1. The second-order valence-electron chi connectivity index (χ2n) is 8.30. The molecule has 1 atom stereocenters. The molecular weight excluding hydrogens is 361 g/mol. The first-order valence-corrected chi connectivity index (χ1v) is 10.2. The maximum atomic E-state index is 13.5. The number of carbonyl (C=O) groups is 2. The molecule has 0 saturated carbocycles. The maximum Gasteiger partial charge on any atom is 0.409 e. The summed E-state index contributed by atoms with van der Waals surface area (Å²) in [5, 5.41) is 0. The first-order valence-electron chi connectivity index (χ1n) is 10.2. The van der Waals surface area contributed by atoms with Gasteiger partial charge in [0, 0.05) is 43.4 Å². The SMILES string of the molecule is CCOC(=O)N1CC[C@](C)(N2CCC(N3C(=O)Cc4cc(F)ccc43)CC2)C1. The van der Waals surface area contributed by atoms with E-state index in [1.807, 2.05) is 11.8 Å². The Hall–Kier alpha value is -2.15. The Morgan fingerprint density at radius 1 is 1.29 bits per heavy atom. The predicted molar refractivity (Wildman–Crippen MR) is 104 cm³/mol. The van der Waals surface area contributed by atoms with Crippen molar-refractivity contribution < 1.29 is 18.7 Å². The van der Waals surface area contributed by atoms with Crippen molar-refractivity contribution in [3.05, 3.63) is 29.6 Å². The summed E-state index contributed by atoms with van der Waals surface area (Å²) in [7, 11) is 0. The molecule has 0 unspecified atom stereocenters. The van der Waals surface area contributed by atoms with Crippen molar-refractivity contribution in [3.63, 3.8) is 0 Å². The highest BCUT2D eigenvalue weighted by Crippen LogP contribution is 2.36. The number of fused-ring (bicyclic) bond motifs is 1. The summed E-state index contributed by atoms with van der Waals surface area (Å²) in [5.74, 6) is -0.219. The van der Waals surface area contributed by atoms with Gasteiger partial charge in [0.25, 0.3) is 0 Å². The van der Waals surface area contributed by atoms with Crippen LogP contribution in [-0.4, -0.2) is 66.2 Å². The number of piperidine rings is 1. The van der Waals surface area contributed by atoms with E-state index in [1.165, 1.54) is 12.1 Å². The van der Waals surface area contributed by atoms with Crippen LogP contribution in [0.25, 0.3) is 0 Å². The van der Waals surface area contributed by atoms with Crippen LogP contribution in [0.2, 0.25) is 0 Å². The molecule has 7 heteroatoms. The Morgan fingerprint density at radius 3 is 2.75 bits per heavy atom. The van der Waals surface area contributed by atoms with Gasteiger partial charge in [-0.1, -0.05) is 0 Å². The zero-order valence-corrected chi connectivity index (χ0v) is 16.6. The van der Waals surface area contributed by atoms with Crippen LogP contribution in [0, 0.1) is 5.82 Å². The molecule has 0 spiro atoms. The normalized spacial score (nSPS) is 26.0. The zero-order valence-electron chi connectivity index (χ0n) is 16.6. The summed E-state index contributed by atoms with van der Waals surface area (Å²) >= 11 is 0. The predicted octanol–water partition coefficient (Wildman–Crippen LogP) is 2.80. The van der Waals surface area contributed by atoms with Crippen molar-refractivity contribution in [2.24, 2.45) is 0 Å². The second-order valence-corrected chi connectivity index (χ2v) is 8.30. The molecular formula is C21H28FN3O3. The van der Waals surface area contributed by atoms with Crippen molar-refractivity contribution in [2.45, 2.75) is 51.1 Å². The number of nitrogens with zero attached hydrogens (tertiary/aromatic N) is 3. The van der Waals surface area contributed by atoms with E-state index in [0.29, 0.717) is 19.6 Å². The zero-order chi connectivity index (χ0) is 19.9. The molecule has 28 heavy (non-hydrogen) atoms. The number of halogens is 1. The summed E-state index contributed by atoms with van der Waals surface area (Å²) in [6.45, 7) is 7.61. The minimum absolute atomic E-state index is 0.0478. The fourth-order valence-corrected chi connectivity index (χ4v) is 4.95. The summed E-state index contributed by atoms with van der Waals surface area (Å²) in [4.78, 5) is 30.7. The Bertz CT molecular complexity index is 778. The lowest BCUT2D eigenvalue weighted by atomic mass is 9.93. The number of rotatable bonds is 3. The molecule has 1 aromatic rings. The van der Waals surface area contributed by atoms with Crippen LogP contribution in [0.1, 0.15) is 38.7 Å². The van der Waals surface area contributed by atoms with Gasteiger partial charge in [0.15, 0.2) is 0 Å². The number of hydrogen-bond donors (Lipinski definition) is 0. The number of hydrogen-bond acceptors (Lipinski definition) is 4. The van der Waals surface area contributed by atoms with E-state index in [-0.39, 0.29) is 29.4 Å². The third kappa shape index (κ3) is 3.36. The Morgan fingerprint density at radius 2 is 2.04 bits per heavy atom. The molecule has 0 bridgehead atoms. The topological polar surface area (TPSA) is 53.1 Å². The van der Waals surface area contributed by atoms with Crippen LogP contribution < -0.4 is 4.90 Å². The average Bonchev–Trinajstić information content (AvgIpc) is 3.22. The molecule has 6 nitrogen and oxygen atoms in total. The van der Waals surface area contributed by atoms with Gasteiger partial charge in [0.2, 0.25) is 5.91 Å². The van der Waals surface area contributed by atoms with Gasteiger partial charge in [-0.05, 0) is 56.9 Å². The van der Waals surface area contributed by atoms with E-state index >= 15 is 0 Å². The van der Waals surface area contributed by atoms with Crippen LogP contribution in [-0.2, 0) is 16.0 Å². The summed E-state index contributed by atoms with van der Waals surface area (Å²) in [6.07, 6.45) is 2.77. The average molecular weight is 389 g/mol. The minimum atomic E-state index is -0.288. The molecule has 1 aromatic carbocycles. The van der Waals surface area contributed by atoms with Crippen LogP contribution >= 0.6 is 0 Å². The lowest BCUT2D eigenvalue weighted by molar-refractivity contribution is -0.118. The molecule has 3 aliphatic rings. The molecule has 2 fully saturated rings. The van der Waals surface area contributed by atoms with Gasteiger partial charge >= 0.3 is 6.09 Å². The third-order valence-corrected chi connectivity index (χ3v) is 6.48. The molecule has 2 amide bonds. The van der Waals surface area contributed by atoms with Crippen molar-refractivity contribution >= 4 is 17.7 Å². The molecule has 2 saturated heterocycles. The Labute approximate surface area is 165 Å². The van der Waals surface area contributed by atoms with Gasteiger partial charge in [-0.2, -0.15) is 0 Å². The van der Waals surface area contributed by atoms with Gasteiger partial charge in [-0.25, -0.2) is 9.18 Å². The summed E-state index contributed by atoms with van der Waals surface area (Å²) in [6, 6.07) is 4.80. The lowest BCUT2D eigenvalue weighted by Crippen LogP contribution is -2.55. The highest BCUT2D eigenvalue weighted by atomic mass is 19.1. The molecule has 4 rings (SSSR count). The van der Waals surface area contributed by atoms with Gasteiger partial charge in [-0.15, -0.1) is 0 Å². The third-order valence-electron chi connectivity index (χ3n) is 6.48. The van der Waals surface area contributed by atoms with E-state index in [0.717, 1.165) is 50.1 Å². The van der Waals surface area contributed by atoms with E-state index in [9.17, 15) is 14.0 Å². The minimum Gasteiger partial charge on any atom is -0.450 e. The van der Waals surface area contributed by atoms with Crippen LogP contribution in [0.4, 0.5) is 14.9 Å². The molecule has 0 aliphatic carbocycles. The van der Waals surface area contributed by atoms with Crippen LogP contribution in [0.3, 0.4) is 0 Å². The van der Waals surface area contributed by atoms with Crippen molar-refractivity contribution in [3.8, 4) is 0 Å². The number of likely N-dealkylation sites (tertiary alicyclic amines) is 2. The molecule has 3 aliphatic heterocycles. The number of benzene rings is 1. The Kier molecular flexibility index (Phi) is 5.04. The smallest absolute Gasteiger partial charge is 0.409 e. The first kappa shape index (κ1) is 19.2. The maximum absolute atomic E-state index is 13.5. The molecule has 0 N–H and O–H groups in total. The summed E-state index contributed by atoms with van der Waals surface area (Å²) in [5.41, 5.74) is 1.61. The van der Waals surface area contributed by atoms with E-state index in [2.05, 4.69) is 11.8 Å². The molecule has 0 radical (unpaired) electrons. The summed E-state index contributed by atoms with van der Waals surface area (Å²) < 4.78 is 18.6. The fourth-order valence-electron chi connectivity index (χ4n) is 4.95. The van der Waals surface area contributed by atoms with E-state index in [1.54, 1.807) is 11.0 Å². The van der Waals surface area contributed by atoms with Gasteiger partial charge < -0.3 is 14.5 Å². The number of carbonyl (C=O) groups excluding carboxylic acids is 2. The molecule has 0 aromatic heterocycles. The van der Waals surface area contributed by atoms with Gasteiger partial charge in [-0.3, -0.25) is 9.69 Å². The van der Waals surface area contributed by atoms with Gasteiger partial charge in [0.05, 0.1) is 13.0 Å². The van der Waals surface area contributed by atoms with E-state index in [4.69, 9.17) is 4.74 Å². The standard InChI is InChI=1S/C21H28FN3O3/c1-3-28-20(27)23-11-8-21(2,14-23)24-9-6-17(7-10-24)25-18-5-4-16(22)12-15(18)13-19(25)26/h4-5,12,17H,3,6-11,13-14H2,1-2H3/t21-/m0/s1. The number of ether oxygens (including phenoxy) is 1. The highest BCUT2D eigenvalue weighted by Gasteiger charge is 2.44. The Balaban J connectivity index is 1.39. The van der Waals surface area contributed by atoms with E-state index < -0.39 is 0 Å². The van der Waals surface area contributed by atoms with Crippen molar-refractivity contribution in [1.82, 2.24) is 9.80 Å².